The van der Waals surface area contributed by atoms with E-state index in [1.54, 1.807) is 31.4 Å². The molecule has 0 radical (unpaired) electrons. The summed E-state index contributed by atoms with van der Waals surface area (Å²) in [7, 11) is 2.82. The number of esters is 1. The fourth-order valence-corrected chi connectivity index (χ4v) is 2.36. The molecule has 1 atom stereocenters. The highest BCUT2D eigenvalue weighted by molar-refractivity contribution is 6.20. The van der Waals surface area contributed by atoms with Gasteiger partial charge in [0.1, 0.15) is 5.75 Å². The number of methoxy groups -OCH3 is 2. The number of carbonyl (C=O) groups is 2. The Kier molecular flexibility index (Phi) is 4.70. The maximum Gasteiger partial charge on any atom is 0.338 e. The van der Waals surface area contributed by atoms with E-state index in [0.29, 0.717) is 17.0 Å². The second kappa shape index (κ2) is 6.49. The molecule has 6 nitrogen and oxygen atoms in total. The molecule has 0 bridgehead atoms. The molecule has 0 fully saturated rings. The first-order valence-corrected chi connectivity index (χ1v) is 6.73. The van der Waals surface area contributed by atoms with Crippen LogP contribution in [0.1, 0.15) is 11.6 Å². The van der Waals surface area contributed by atoms with Crippen LogP contribution in [0, 0.1) is 0 Å². The first-order chi connectivity index (χ1) is 10.1. The predicted molar refractivity (Wildman–Crippen MR) is 77.2 cm³/mol. The number of hydrogen-bond acceptors (Lipinski definition) is 4. The van der Waals surface area contributed by atoms with Crippen LogP contribution in [0.3, 0.4) is 0 Å². The lowest BCUT2D eigenvalue weighted by Gasteiger charge is -2.28. The molecule has 1 aromatic rings. The minimum Gasteiger partial charge on any atom is -0.497 e. The Hall–Kier alpha value is -2.21. The van der Waals surface area contributed by atoms with E-state index in [9.17, 15) is 9.59 Å². The Labute approximate surface area is 127 Å². The third-order valence-corrected chi connectivity index (χ3v) is 3.39. The molecule has 1 aliphatic heterocycles. The lowest BCUT2D eigenvalue weighted by molar-refractivity contribution is -0.136. The summed E-state index contributed by atoms with van der Waals surface area (Å²) < 4.78 is 9.95. The van der Waals surface area contributed by atoms with E-state index in [1.165, 1.54) is 7.11 Å². The lowest BCUT2D eigenvalue weighted by Crippen LogP contribution is -2.46. The van der Waals surface area contributed by atoms with Gasteiger partial charge in [0.2, 0.25) is 0 Å². The van der Waals surface area contributed by atoms with Crippen molar-refractivity contribution in [2.24, 2.45) is 0 Å². The van der Waals surface area contributed by atoms with Crippen molar-refractivity contribution in [1.82, 2.24) is 10.6 Å². The molecule has 0 aliphatic carbocycles. The van der Waals surface area contributed by atoms with Crippen molar-refractivity contribution < 1.29 is 19.1 Å². The Balaban J connectivity index is 2.51. The van der Waals surface area contributed by atoms with E-state index < -0.39 is 18.0 Å². The Morgan fingerprint density at radius 3 is 2.76 bits per heavy atom. The summed E-state index contributed by atoms with van der Waals surface area (Å²) in [5.74, 6) is 0.0705. The number of halogens is 1. The van der Waals surface area contributed by atoms with Crippen LogP contribution < -0.4 is 15.4 Å². The van der Waals surface area contributed by atoms with E-state index in [4.69, 9.17) is 21.1 Å². The van der Waals surface area contributed by atoms with Crippen LogP contribution in [-0.2, 0) is 9.53 Å². The van der Waals surface area contributed by atoms with Gasteiger partial charge in [0.25, 0.3) is 0 Å². The second-order valence-electron chi connectivity index (χ2n) is 4.33. The molecule has 1 unspecified atom stereocenters. The average Bonchev–Trinajstić information content (AvgIpc) is 2.53. The Morgan fingerprint density at radius 1 is 1.38 bits per heavy atom. The van der Waals surface area contributed by atoms with Crippen LogP contribution >= 0.6 is 11.6 Å². The Morgan fingerprint density at radius 2 is 2.14 bits per heavy atom. The van der Waals surface area contributed by atoms with E-state index in [-0.39, 0.29) is 11.5 Å². The number of amides is 2. The number of carbonyl (C=O) groups excluding carboxylic acids is 2. The molecule has 2 rings (SSSR count). The summed E-state index contributed by atoms with van der Waals surface area (Å²) in [6, 6.07) is 6.01. The van der Waals surface area contributed by atoms with Crippen molar-refractivity contribution in [2.45, 2.75) is 6.04 Å². The van der Waals surface area contributed by atoms with Gasteiger partial charge in [-0.15, -0.1) is 11.6 Å². The number of nitrogens with one attached hydrogen (secondary N) is 2. The molecule has 1 aromatic carbocycles. The average molecular weight is 311 g/mol. The monoisotopic (exact) mass is 310 g/mol. The minimum atomic E-state index is -0.643. The second-order valence-corrected chi connectivity index (χ2v) is 4.59. The van der Waals surface area contributed by atoms with Crippen LogP contribution in [0.2, 0.25) is 0 Å². The fraction of sp³-hybridized carbons (Fsp3) is 0.286. The van der Waals surface area contributed by atoms with Crippen LogP contribution in [-0.4, -0.2) is 32.1 Å². The normalized spacial score (nSPS) is 17.9. The summed E-state index contributed by atoms with van der Waals surface area (Å²) in [4.78, 5) is 23.7. The summed E-state index contributed by atoms with van der Waals surface area (Å²) in [5.41, 5.74) is 1.31. The third kappa shape index (κ3) is 3.11. The number of urea groups is 1. The molecule has 1 aliphatic rings. The van der Waals surface area contributed by atoms with E-state index in [0.717, 1.165) is 0 Å². The van der Waals surface area contributed by atoms with Crippen LogP contribution in [0.5, 0.6) is 5.75 Å². The maximum absolute atomic E-state index is 12.0. The van der Waals surface area contributed by atoms with Crippen LogP contribution in [0.15, 0.2) is 35.5 Å². The molecule has 21 heavy (non-hydrogen) atoms. The number of allylic oxidation sites excluding steroid dienone is 1. The quantitative estimate of drug-likeness (QED) is 0.656. The van der Waals surface area contributed by atoms with Gasteiger partial charge in [-0.05, 0) is 17.7 Å². The van der Waals surface area contributed by atoms with Crippen molar-refractivity contribution in [3.05, 3.63) is 41.1 Å². The van der Waals surface area contributed by atoms with E-state index >= 15 is 0 Å². The van der Waals surface area contributed by atoms with Crippen molar-refractivity contribution in [1.29, 1.82) is 0 Å². The number of rotatable bonds is 4. The van der Waals surface area contributed by atoms with E-state index in [2.05, 4.69) is 10.6 Å². The van der Waals surface area contributed by atoms with Crippen LogP contribution in [0.25, 0.3) is 0 Å². The number of ether oxygens (including phenoxy) is 2. The van der Waals surface area contributed by atoms with E-state index in [1.807, 2.05) is 0 Å². The van der Waals surface area contributed by atoms with Crippen LogP contribution in [0.4, 0.5) is 4.79 Å². The molecule has 0 aromatic heterocycles. The van der Waals surface area contributed by atoms with Crippen molar-refractivity contribution in [2.75, 3.05) is 20.1 Å². The zero-order valence-electron chi connectivity index (χ0n) is 11.6. The van der Waals surface area contributed by atoms with Crippen molar-refractivity contribution >= 4 is 23.6 Å². The van der Waals surface area contributed by atoms with Gasteiger partial charge < -0.3 is 20.1 Å². The first kappa shape index (κ1) is 15.2. The SMILES string of the molecule is COC(=O)C1=C(CCl)NC(=O)NC1c1cccc(OC)c1. The number of benzene rings is 1. The topological polar surface area (TPSA) is 76.7 Å². The van der Waals surface area contributed by atoms with Gasteiger partial charge in [0.05, 0.1) is 31.7 Å². The van der Waals surface area contributed by atoms with Gasteiger partial charge in [-0.3, -0.25) is 0 Å². The predicted octanol–water partition coefficient (Wildman–Crippen LogP) is 1.71. The molecule has 7 heteroatoms. The highest BCUT2D eigenvalue weighted by Gasteiger charge is 2.33. The zero-order valence-corrected chi connectivity index (χ0v) is 12.4. The van der Waals surface area contributed by atoms with Gasteiger partial charge in [-0.25, -0.2) is 9.59 Å². The lowest BCUT2D eigenvalue weighted by atomic mass is 9.95. The third-order valence-electron chi connectivity index (χ3n) is 3.12. The fourth-order valence-electron chi connectivity index (χ4n) is 2.15. The Bertz CT molecular complexity index is 600. The molecular formula is C14H15ClN2O4. The largest absolute Gasteiger partial charge is 0.497 e. The standard InChI is InChI=1S/C14H15ClN2O4/c1-20-9-5-3-4-8(6-9)12-11(13(18)21-2)10(7-15)16-14(19)17-12/h3-6,12H,7H2,1-2H3,(H2,16,17,19). The molecule has 0 saturated heterocycles. The summed E-state index contributed by atoms with van der Waals surface area (Å²) in [6.07, 6.45) is 0. The molecule has 0 spiro atoms. The smallest absolute Gasteiger partial charge is 0.338 e. The number of alkyl halides is 1. The summed E-state index contributed by atoms with van der Waals surface area (Å²) >= 11 is 5.82. The highest BCUT2D eigenvalue weighted by Crippen LogP contribution is 2.29. The summed E-state index contributed by atoms with van der Waals surface area (Å²) in [5, 5.41) is 5.22. The molecular weight excluding hydrogens is 296 g/mol. The molecule has 2 N–H and O–H groups in total. The van der Waals surface area contributed by atoms with Gasteiger partial charge in [0.15, 0.2) is 0 Å². The molecule has 112 valence electrons. The van der Waals surface area contributed by atoms with Gasteiger partial charge in [0, 0.05) is 5.70 Å². The highest BCUT2D eigenvalue weighted by atomic mass is 35.5. The first-order valence-electron chi connectivity index (χ1n) is 6.19. The van der Waals surface area contributed by atoms with Crippen molar-refractivity contribution in [3.63, 3.8) is 0 Å². The molecule has 0 saturated carbocycles. The van der Waals surface area contributed by atoms with Gasteiger partial charge in [-0.1, -0.05) is 12.1 Å². The van der Waals surface area contributed by atoms with Gasteiger partial charge in [-0.2, -0.15) is 0 Å². The molecule has 2 amide bonds. The molecule has 1 heterocycles. The minimum absolute atomic E-state index is 0.00166. The number of hydrogen-bond donors (Lipinski definition) is 2. The maximum atomic E-state index is 12.0. The summed E-state index contributed by atoms with van der Waals surface area (Å²) in [6.45, 7) is 0. The van der Waals surface area contributed by atoms with Gasteiger partial charge >= 0.3 is 12.0 Å². The zero-order chi connectivity index (χ0) is 15.4. The van der Waals surface area contributed by atoms with Crippen molar-refractivity contribution in [3.8, 4) is 5.75 Å².